The van der Waals surface area contributed by atoms with Crippen LogP contribution < -0.4 is 14.4 Å². The van der Waals surface area contributed by atoms with Crippen LogP contribution in [-0.2, 0) is 46.3 Å². The first-order valence-electron chi connectivity index (χ1n) is 23.0. The molecule has 1 unspecified atom stereocenters. The van der Waals surface area contributed by atoms with Gasteiger partial charge in [0.15, 0.2) is 0 Å². The number of carbonyl (C=O) groups is 2. The maximum absolute atomic E-state index is 15.5. The first-order valence-corrected chi connectivity index (χ1v) is 24.5. The minimum atomic E-state index is -4.31. The Morgan fingerprint density at radius 3 is 2.35 bits per heavy atom. The summed E-state index contributed by atoms with van der Waals surface area (Å²) in [6.45, 7) is 7.08. The fraction of sp³-hybridized carbons (Fsp3) is 0.520. The number of benzene rings is 3. The van der Waals surface area contributed by atoms with E-state index in [0.717, 1.165) is 27.7 Å². The fourth-order valence-corrected chi connectivity index (χ4v) is 15.6. The number of aromatic amines is 1. The smallest absolute Gasteiger partial charge is 0.341 e. The molecule has 14 nitrogen and oxygen atoms in total. The number of para-hydroxylation sites is 1. The van der Waals surface area contributed by atoms with Crippen molar-refractivity contribution in [3.63, 3.8) is 0 Å². The van der Waals surface area contributed by atoms with E-state index < -0.39 is 67.5 Å². The Bertz CT molecular complexity index is 2710. The van der Waals surface area contributed by atoms with Crippen LogP contribution in [0.1, 0.15) is 68.3 Å². The number of hydrogen-bond donors (Lipinski definition) is 4. The monoisotopic (exact) mass is 907 g/mol. The van der Waals surface area contributed by atoms with Gasteiger partial charge in [-0.3, -0.25) is 14.6 Å². The first kappa shape index (κ1) is 44.1. The molecule has 15 heteroatoms. The zero-order valence-corrected chi connectivity index (χ0v) is 38.9. The maximum atomic E-state index is 15.5. The summed E-state index contributed by atoms with van der Waals surface area (Å²) in [6, 6.07) is 17.3. The minimum Gasteiger partial charge on any atom is -0.496 e. The Balaban J connectivity index is 1.26. The van der Waals surface area contributed by atoms with Crippen LogP contribution in [0.4, 0.5) is 5.69 Å². The Morgan fingerprint density at radius 1 is 0.908 bits per heavy atom. The van der Waals surface area contributed by atoms with Crippen molar-refractivity contribution in [2.75, 3.05) is 66.0 Å². The van der Waals surface area contributed by atoms with Crippen LogP contribution >= 0.6 is 0 Å². The molecule has 1 aliphatic carbocycles. The molecule has 4 N–H and O–H groups in total. The molecule has 10 rings (SSSR count). The highest BCUT2D eigenvalue weighted by Gasteiger charge is 2.79. The van der Waals surface area contributed by atoms with E-state index >= 15 is 4.79 Å². The van der Waals surface area contributed by atoms with Crippen LogP contribution in [0.3, 0.4) is 0 Å². The number of piperidine rings is 1. The summed E-state index contributed by atoms with van der Waals surface area (Å²) < 4.78 is 49.9. The lowest BCUT2D eigenvalue weighted by molar-refractivity contribution is -0.188. The number of aromatic nitrogens is 1. The van der Waals surface area contributed by atoms with Crippen molar-refractivity contribution >= 4 is 38.6 Å². The average Bonchev–Trinajstić information content (AvgIpc) is 3.98. The quantitative estimate of drug-likeness (QED) is 0.138. The Morgan fingerprint density at radius 2 is 1.65 bits per heavy atom. The highest BCUT2D eigenvalue weighted by Crippen LogP contribution is 2.68. The van der Waals surface area contributed by atoms with Crippen LogP contribution in [0.15, 0.2) is 83.8 Å². The van der Waals surface area contributed by atoms with Gasteiger partial charge in [-0.25, -0.2) is 17.9 Å². The molecule has 4 aromatic rings. The number of esters is 2. The van der Waals surface area contributed by atoms with Gasteiger partial charge in [0.05, 0.1) is 43.9 Å². The first-order chi connectivity index (χ1) is 31.1. The van der Waals surface area contributed by atoms with Gasteiger partial charge in [-0.05, 0) is 86.4 Å². The maximum Gasteiger partial charge on any atom is 0.341 e. The van der Waals surface area contributed by atoms with E-state index in [-0.39, 0.29) is 10.8 Å². The van der Waals surface area contributed by atoms with E-state index in [1.54, 1.807) is 25.3 Å². The molecule has 6 aliphatic rings. The molecule has 6 heterocycles. The number of likely N-dealkylation sites (N-methyl/N-ethyl adjacent to an activating group) is 1. The zero-order chi connectivity index (χ0) is 45.9. The standard InChI is InChI=1S/C50H61N5O9S/c1-7-46(58)27-31-28-49(44(56)63-5,40-34(19-23-54(29-31)30-46)33-17-12-13-18-37(33)51-40)36-25-35-38(26-39(36)62-4)53(3)43-48(35)21-24-55-22-14-20-47(8-2,42(48)55)41(50(43,59)45(57)64-6)52-65(60,61)32-15-10-9-11-16-32/h9-18,20,25-26,31,41-43,51-52,58-59H,7-8,19,21-24,27-30H2,1-6H3/t31-,41+,42+,43-,46+,47+,48-,49+,50-/m1/s1. The third-order valence-corrected chi connectivity index (χ3v) is 18.2. The van der Waals surface area contributed by atoms with E-state index in [1.165, 1.54) is 26.4 Å². The molecule has 0 amide bonds. The number of anilines is 1. The number of sulfonamides is 1. The molecule has 3 aromatic carbocycles. The summed E-state index contributed by atoms with van der Waals surface area (Å²) in [6.07, 6.45) is 6.88. The number of nitrogens with one attached hydrogen (secondary N) is 2. The van der Waals surface area contributed by atoms with Crippen molar-refractivity contribution in [2.45, 2.75) is 97.4 Å². The number of aliphatic hydroxyl groups is 2. The molecule has 1 spiro atoms. The number of rotatable bonds is 9. The molecule has 0 radical (unpaired) electrons. The van der Waals surface area contributed by atoms with Crippen molar-refractivity contribution in [3.05, 3.63) is 101 Å². The normalized spacial score (nSPS) is 35.0. The number of carbonyl (C=O) groups excluding carboxylic acids is 2. The van der Waals surface area contributed by atoms with E-state index in [2.05, 4.69) is 31.6 Å². The highest BCUT2D eigenvalue weighted by molar-refractivity contribution is 7.89. The predicted molar refractivity (Wildman–Crippen MR) is 245 cm³/mol. The van der Waals surface area contributed by atoms with Crippen molar-refractivity contribution in [3.8, 4) is 5.75 Å². The van der Waals surface area contributed by atoms with Crippen molar-refractivity contribution < 1.29 is 42.4 Å². The average molecular weight is 908 g/mol. The molecule has 5 aliphatic heterocycles. The van der Waals surface area contributed by atoms with Crippen LogP contribution in [-0.4, -0.2) is 136 Å². The van der Waals surface area contributed by atoms with Crippen molar-refractivity contribution in [2.24, 2.45) is 11.3 Å². The fourth-order valence-electron chi connectivity index (χ4n) is 14.2. The third kappa shape index (κ3) is 5.97. The van der Waals surface area contributed by atoms with Gasteiger partial charge >= 0.3 is 11.9 Å². The lowest BCUT2D eigenvalue weighted by Gasteiger charge is -2.64. The molecule has 3 fully saturated rings. The molecule has 1 aromatic heterocycles. The lowest BCUT2D eigenvalue weighted by Crippen LogP contribution is -2.83. The summed E-state index contributed by atoms with van der Waals surface area (Å²) in [4.78, 5) is 40.6. The molecular weight excluding hydrogens is 847 g/mol. The van der Waals surface area contributed by atoms with Gasteiger partial charge < -0.3 is 34.3 Å². The van der Waals surface area contributed by atoms with E-state index in [9.17, 15) is 23.4 Å². The third-order valence-electron chi connectivity index (χ3n) is 16.7. The molecule has 10 atom stereocenters. The van der Waals surface area contributed by atoms with Crippen LogP contribution in [0.25, 0.3) is 10.9 Å². The summed E-state index contributed by atoms with van der Waals surface area (Å²) in [5, 5.41) is 26.8. The summed E-state index contributed by atoms with van der Waals surface area (Å²) in [5.41, 5.74) is -2.30. The van der Waals surface area contributed by atoms with Crippen LogP contribution in [0.2, 0.25) is 0 Å². The second-order valence-corrected chi connectivity index (χ2v) is 21.3. The van der Waals surface area contributed by atoms with Gasteiger partial charge in [-0.15, -0.1) is 0 Å². The number of fused-ring (bicyclic) bond motifs is 6. The van der Waals surface area contributed by atoms with E-state index in [1.807, 2.05) is 62.2 Å². The number of ether oxygens (including phenoxy) is 3. The van der Waals surface area contributed by atoms with E-state index in [4.69, 9.17) is 14.2 Å². The Kier molecular flexibility index (Phi) is 10.4. The number of H-pyrrole nitrogens is 1. The van der Waals surface area contributed by atoms with Crippen LogP contribution in [0, 0.1) is 11.3 Å². The predicted octanol–water partition coefficient (Wildman–Crippen LogP) is 4.41. The topological polar surface area (TPSA) is 174 Å². The number of nitrogens with zero attached hydrogens (tertiary/aromatic N) is 3. The molecule has 2 saturated heterocycles. The molecule has 1 saturated carbocycles. The summed E-state index contributed by atoms with van der Waals surface area (Å²) in [7, 11) is 1.76. The summed E-state index contributed by atoms with van der Waals surface area (Å²) in [5.74, 6) is -1.13. The van der Waals surface area contributed by atoms with E-state index in [0.29, 0.717) is 88.2 Å². The Hall–Kier alpha value is -4.77. The molecular formula is C50H61N5O9S. The van der Waals surface area contributed by atoms with Gasteiger partial charge in [0, 0.05) is 84.0 Å². The largest absolute Gasteiger partial charge is 0.496 e. The van der Waals surface area contributed by atoms with Gasteiger partial charge in [0.25, 0.3) is 0 Å². The lowest BCUT2D eigenvalue weighted by atomic mass is 9.47. The number of methoxy groups -OCH3 is 3. The highest BCUT2D eigenvalue weighted by atomic mass is 32.2. The molecule has 346 valence electrons. The van der Waals surface area contributed by atoms with Crippen LogP contribution in [0.5, 0.6) is 5.75 Å². The minimum absolute atomic E-state index is 0.00809. The second kappa shape index (κ2) is 15.4. The second-order valence-electron chi connectivity index (χ2n) is 19.6. The Labute approximate surface area is 381 Å². The number of hydrogen-bond acceptors (Lipinski definition) is 12. The van der Waals surface area contributed by atoms with Gasteiger partial charge in [-0.2, -0.15) is 0 Å². The van der Waals surface area contributed by atoms with Gasteiger partial charge in [-0.1, -0.05) is 62.4 Å². The SMILES string of the molecule is CC[C@]1(O)C[C@H]2CN(CCc3c([nH]c4ccccc34)[C@@](C(=O)OC)(c3cc4c(cc3OC)N(C)[C@H]3[C@@](O)(C(=O)OC)[C@@H](NS(=O)(=O)c5ccccc5)[C@]5(CC)C=CCN6CC[C@]43[C@@H]65)C2)C1. The molecule has 2 bridgehead atoms. The summed E-state index contributed by atoms with van der Waals surface area (Å²) >= 11 is 0. The molecule has 65 heavy (non-hydrogen) atoms. The van der Waals surface area contributed by atoms with Crippen molar-refractivity contribution in [1.29, 1.82) is 0 Å². The zero-order valence-electron chi connectivity index (χ0n) is 38.1. The van der Waals surface area contributed by atoms with Crippen molar-refractivity contribution in [1.82, 2.24) is 19.5 Å². The van der Waals surface area contributed by atoms with Gasteiger partial charge in [0.2, 0.25) is 15.6 Å². The van der Waals surface area contributed by atoms with Gasteiger partial charge in [0.1, 0.15) is 11.2 Å².